The second-order valence-electron chi connectivity index (χ2n) is 0. The van der Waals surface area contributed by atoms with Gasteiger partial charge in [-0.15, -0.1) is 0 Å². The van der Waals surface area contributed by atoms with Crippen LogP contribution in [0.15, 0.2) is 0 Å². The summed E-state index contributed by atoms with van der Waals surface area (Å²) in [6.07, 6.45) is 0. The maximum absolute atomic E-state index is 0. The van der Waals surface area contributed by atoms with E-state index in [4.69, 9.17) is 0 Å². The van der Waals surface area contributed by atoms with Crippen molar-refractivity contribution in [3.05, 3.63) is 0 Å². The number of rotatable bonds is 0. The first-order chi connectivity index (χ1) is 0. The van der Waals surface area contributed by atoms with Crippen LogP contribution in [0.25, 0.3) is 0 Å². The van der Waals surface area contributed by atoms with Gasteiger partial charge in [-0.1, -0.05) is 0 Å². The molecule has 0 aromatic heterocycles. The Kier molecular flexibility index (Phi) is 341. The molecule has 5 heavy (non-hydrogen) atoms. The van der Waals surface area contributed by atoms with E-state index >= 15 is 0 Å². The molecule has 0 aliphatic heterocycles. The van der Waals surface area contributed by atoms with E-state index in [-0.39, 0.29) is 91.9 Å². The van der Waals surface area contributed by atoms with Crippen molar-refractivity contribution in [1.82, 2.24) is 0 Å². The number of hydrogen-bond acceptors (Lipinski definition) is 0. The second-order valence-corrected chi connectivity index (χ2v) is 0. The van der Waals surface area contributed by atoms with E-state index in [0.717, 1.165) is 0 Å². The Morgan fingerprint density at radius 3 is 0.400 bits per heavy atom. The van der Waals surface area contributed by atoms with Crippen LogP contribution in [0.3, 0.4) is 0 Å². The minimum atomic E-state index is 0. The van der Waals surface area contributed by atoms with Crippen molar-refractivity contribution < 1.29 is 16.4 Å². The standard InChI is InChI=1S/2Ca.3H2O.4H/h;;3*1H2;;;;. The fourth-order valence-corrected chi connectivity index (χ4v) is 0. The molecule has 0 heterocycles. The zero-order valence-corrected chi connectivity index (χ0v) is 1.50. The fraction of sp³-hybridized carbons (Fsp3) is 0. The van der Waals surface area contributed by atoms with Gasteiger partial charge in [0.15, 0.2) is 0 Å². The zero-order chi connectivity index (χ0) is 0. The SMILES string of the molecule is O.O.O.[CaH2].[CaH2]. The van der Waals surface area contributed by atoms with Crippen molar-refractivity contribution in [2.75, 3.05) is 0 Å². The summed E-state index contributed by atoms with van der Waals surface area (Å²) in [5.41, 5.74) is 0. The topological polar surface area (TPSA) is 94.5 Å². The average molecular weight is 138 g/mol. The molecule has 0 rings (SSSR count). The van der Waals surface area contributed by atoms with Crippen molar-refractivity contribution in [3.63, 3.8) is 0 Å². The van der Waals surface area contributed by atoms with Crippen LogP contribution in [0.2, 0.25) is 0 Å². The van der Waals surface area contributed by atoms with Crippen LogP contribution in [0.5, 0.6) is 0 Å². The third-order valence-electron chi connectivity index (χ3n) is 0. The normalized spacial score (nSPS) is 0. The quantitative estimate of drug-likeness (QED) is 0.303. The van der Waals surface area contributed by atoms with E-state index in [0.29, 0.717) is 0 Å². The van der Waals surface area contributed by atoms with Crippen LogP contribution in [0, 0.1) is 0 Å². The number of hydrogen-bond donors (Lipinski definition) is 0. The van der Waals surface area contributed by atoms with Gasteiger partial charge in [-0.3, -0.25) is 0 Å². The van der Waals surface area contributed by atoms with Gasteiger partial charge in [-0.05, 0) is 0 Å². The maximum atomic E-state index is 0. The van der Waals surface area contributed by atoms with Gasteiger partial charge >= 0.3 is 75.5 Å². The second kappa shape index (κ2) is 32.4. The molecule has 0 saturated carbocycles. The van der Waals surface area contributed by atoms with Crippen molar-refractivity contribution in [2.24, 2.45) is 0 Å². The molecule has 0 aromatic carbocycles. The Hall–Kier alpha value is 2.40. The Balaban J connectivity index is 0. The Morgan fingerprint density at radius 2 is 0.400 bits per heavy atom. The molecule has 0 amide bonds. The third kappa shape index (κ3) is 21.5. The van der Waals surface area contributed by atoms with Crippen LogP contribution in [-0.2, 0) is 0 Å². The van der Waals surface area contributed by atoms with E-state index in [1.165, 1.54) is 0 Å². The molecule has 0 unspecified atom stereocenters. The van der Waals surface area contributed by atoms with E-state index in [1.807, 2.05) is 0 Å². The Morgan fingerprint density at radius 1 is 0.400 bits per heavy atom. The molecule has 0 bridgehead atoms. The van der Waals surface area contributed by atoms with Gasteiger partial charge in [0.25, 0.3) is 0 Å². The first-order valence-electron chi connectivity index (χ1n) is 0. The summed E-state index contributed by atoms with van der Waals surface area (Å²) in [5, 5.41) is 0. The molecular formula is H10Ca2O3. The minimum absolute atomic E-state index is 0. The van der Waals surface area contributed by atoms with Crippen LogP contribution in [-0.4, -0.2) is 91.9 Å². The Bertz CT molecular complexity index is 4.85. The van der Waals surface area contributed by atoms with Gasteiger partial charge in [-0.25, -0.2) is 0 Å². The molecular weight excluding hydrogens is 128 g/mol. The fourth-order valence-electron chi connectivity index (χ4n) is 0. The molecule has 0 radical (unpaired) electrons. The molecule has 0 aromatic rings. The molecule has 5 heteroatoms. The van der Waals surface area contributed by atoms with Crippen molar-refractivity contribution >= 4 is 75.5 Å². The van der Waals surface area contributed by atoms with E-state index in [9.17, 15) is 0 Å². The van der Waals surface area contributed by atoms with E-state index in [1.54, 1.807) is 0 Å². The molecule has 0 aliphatic rings. The summed E-state index contributed by atoms with van der Waals surface area (Å²) in [4.78, 5) is 0. The van der Waals surface area contributed by atoms with Gasteiger partial charge in [0.1, 0.15) is 0 Å². The van der Waals surface area contributed by atoms with Crippen molar-refractivity contribution in [3.8, 4) is 0 Å². The molecule has 6 N–H and O–H groups in total. The molecule has 0 saturated heterocycles. The molecule has 0 fully saturated rings. The van der Waals surface area contributed by atoms with Crippen molar-refractivity contribution in [2.45, 2.75) is 0 Å². The summed E-state index contributed by atoms with van der Waals surface area (Å²) >= 11 is 0. The van der Waals surface area contributed by atoms with Gasteiger partial charge < -0.3 is 16.4 Å². The summed E-state index contributed by atoms with van der Waals surface area (Å²) in [5.74, 6) is 0. The molecule has 3 nitrogen and oxygen atoms in total. The third-order valence-corrected chi connectivity index (χ3v) is 0. The van der Waals surface area contributed by atoms with Crippen LogP contribution < -0.4 is 0 Å². The summed E-state index contributed by atoms with van der Waals surface area (Å²) in [6.45, 7) is 0. The van der Waals surface area contributed by atoms with Crippen LogP contribution >= 0.6 is 0 Å². The molecule has 0 spiro atoms. The average Bonchev–Trinajstić information content (AvgIpc) is 0. The first kappa shape index (κ1) is 52.6. The van der Waals surface area contributed by atoms with Gasteiger partial charge in [0.05, 0.1) is 0 Å². The van der Waals surface area contributed by atoms with Crippen LogP contribution in [0.4, 0.5) is 0 Å². The van der Waals surface area contributed by atoms with Gasteiger partial charge in [0, 0.05) is 0 Å². The van der Waals surface area contributed by atoms with Crippen molar-refractivity contribution in [1.29, 1.82) is 0 Å². The van der Waals surface area contributed by atoms with Crippen LogP contribution in [0.1, 0.15) is 0 Å². The summed E-state index contributed by atoms with van der Waals surface area (Å²) in [7, 11) is 0. The molecule has 0 atom stereocenters. The van der Waals surface area contributed by atoms with Gasteiger partial charge in [0.2, 0.25) is 0 Å². The first-order valence-corrected chi connectivity index (χ1v) is 0. The summed E-state index contributed by atoms with van der Waals surface area (Å²) in [6, 6.07) is 0. The predicted molar refractivity (Wildman–Crippen MR) is 27.9 cm³/mol. The molecule has 0 aliphatic carbocycles. The Labute approximate surface area is 90.0 Å². The summed E-state index contributed by atoms with van der Waals surface area (Å²) < 4.78 is 0. The van der Waals surface area contributed by atoms with Gasteiger partial charge in [-0.2, -0.15) is 0 Å². The van der Waals surface area contributed by atoms with E-state index < -0.39 is 0 Å². The zero-order valence-electron chi connectivity index (χ0n) is 1.50. The monoisotopic (exact) mass is 138 g/mol. The predicted octanol–water partition coefficient (Wildman–Crippen LogP) is -4.31. The molecule has 32 valence electrons. The van der Waals surface area contributed by atoms with E-state index in [2.05, 4.69) is 0 Å².